The fourth-order valence-electron chi connectivity index (χ4n) is 2.05. The van der Waals surface area contributed by atoms with Crippen molar-refractivity contribution in [2.75, 3.05) is 12.4 Å². The van der Waals surface area contributed by atoms with Crippen molar-refractivity contribution in [1.82, 2.24) is 0 Å². The van der Waals surface area contributed by atoms with Gasteiger partial charge in [-0.05, 0) is 43.7 Å². The van der Waals surface area contributed by atoms with Crippen LogP contribution in [0.1, 0.15) is 25.7 Å². The summed E-state index contributed by atoms with van der Waals surface area (Å²) in [5, 5.41) is 3.30. The number of nitrogens with two attached hydrogens (primary N) is 1. The minimum Gasteiger partial charge on any atom is -0.495 e. The van der Waals surface area contributed by atoms with Crippen molar-refractivity contribution < 1.29 is 9.53 Å². The van der Waals surface area contributed by atoms with Crippen LogP contribution >= 0.6 is 11.3 Å². The lowest BCUT2D eigenvalue weighted by molar-refractivity contribution is 0.100. The maximum Gasteiger partial charge on any atom is 0.248 e. The van der Waals surface area contributed by atoms with E-state index in [-0.39, 0.29) is 0 Å². The fourth-order valence-corrected chi connectivity index (χ4v) is 3.00. The van der Waals surface area contributed by atoms with Gasteiger partial charge in [-0.15, -0.1) is 11.3 Å². The molecule has 0 unspecified atom stereocenters. The molecule has 0 radical (unpaired) electrons. The maximum absolute atomic E-state index is 11.2. The average Bonchev–Trinajstić information content (AvgIpc) is 2.74. The summed E-state index contributed by atoms with van der Waals surface area (Å²) >= 11 is 1.78. The van der Waals surface area contributed by atoms with E-state index in [1.165, 1.54) is 15.3 Å². The Bertz CT molecular complexity index is 635. The minimum atomic E-state index is -0.446. The van der Waals surface area contributed by atoms with Gasteiger partial charge in [-0.2, -0.15) is 0 Å². The molecule has 20 heavy (non-hydrogen) atoms. The number of carbonyl (C=O) groups excluding carboxylic acids is 1. The van der Waals surface area contributed by atoms with E-state index in [0.717, 1.165) is 5.69 Å². The summed E-state index contributed by atoms with van der Waals surface area (Å²) in [5.41, 5.74) is 7.79. The number of ether oxygens (including phenoxy) is 1. The number of rotatable bonds is 5. The van der Waals surface area contributed by atoms with E-state index < -0.39 is 5.91 Å². The van der Waals surface area contributed by atoms with Crippen LogP contribution in [0.15, 0.2) is 24.3 Å². The van der Waals surface area contributed by atoms with Crippen molar-refractivity contribution in [3.05, 3.63) is 45.1 Å². The summed E-state index contributed by atoms with van der Waals surface area (Å²) in [5.74, 6) is 0.248. The van der Waals surface area contributed by atoms with Gasteiger partial charge in [-0.1, -0.05) is 0 Å². The van der Waals surface area contributed by atoms with Gasteiger partial charge in [0.05, 0.1) is 12.8 Å². The largest absolute Gasteiger partial charge is 0.495 e. The number of hydrogen-bond donors (Lipinski definition) is 2. The Morgan fingerprint density at radius 2 is 2.10 bits per heavy atom. The summed E-state index contributed by atoms with van der Waals surface area (Å²) in [6, 6.07) is 7.29. The highest BCUT2D eigenvalue weighted by atomic mass is 32.1. The predicted molar refractivity (Wildman–Crippen MR) is 82.6 cm³/mol. The molecule has 1 heterocycles. The molecule has 1 aromatic carbocycles. The Morgan fingerprint density at radius 3 is 2.65 bits per heavy atom. The number of methoxy groups -OCH3 is 1. The molecule has 0 bridgehead atoms. The first kappa shape index (κ1) is 14.4. The van der Waals surface area contributed by atoms with Gasteiger partial charge in [0.25, 0.3) is 0 Å². The summed E-state index contributed by atoms with van der Waals surface area (Å²) in [6.07, 6.45) is 0. The van der Waals surface area contributed by atoms with Crippen molar-refractivity contribution in [3.63, 3.8) is 0 Å². The van der Waals surface area contributed by atoms with Gasteiger partial charge >= 0.3 is 0 Å². The smallest absolute Gasteiger partial charge is 0.248 e. The first-order chi connectivity index (χ1) is 9.51. The lowest BCUT2D eigenvalue weighted by Crippen LogP contribution is -2.11. The summed E-state index contributed by atoms with van der Waals surface area (Å²) < 4.78 is 5.29. The standard InChI is InChI=1S/C15H18N2O2S/c1-9-6-12(10(2)20-9)8-17-13-7-11(15(16)18)4-5-14(13)19-3/h4-7,17H,8H2,1-3H3,(H2,16,18). The number of aryl methyl sites for hydroxylation is 2. The highest BCUT2D eigenvalue weighted by Gasteiger charge is 2.09. The first-order valence-corrected chi connectivity index (χ1v) is 7.10. The normalized spacial score (nSPS) is 10.3. The molecular weight excluding hydrogens is 272 g/mol. The second-order valence-corrected chi connectivity index (χ2v) is 6.03. The van der Waals surface area contributed by atoms with Gasteiger partial charge < -0.3 is 15.8 Å². The number of carbonyl (C=O) groups is 1. The summed E-state index contributed by atoms with van der Waals surface area (Å²) in [4.78, 5) is 13.8. The molecule has 0 atom stereocenters. The third kappa shape index (κ3) is 3.11. The molecular formula is C15H18N2O2S. The van der Waals surface area contributed by atoms with Gasteiger partial charge in [0.15, 0.2) is 0 Å². The lowest BCUT2D eigenvalue weighted by Gasteiger charge is -2.12. The summed E-state index contributed by atoms with van der Waals surface area (Å²) in [6.45, 7) is 4.88. The molecule has 106 valence electrons. The van der Waals surface area contributed by atoms with Gasteiger partial charge in [-0.25, -0.2) is 0 Å². The third-order valence-corrected chi connectivity index (χ3v) is 4.11. The van der Waals surface area contributed by atoms with Gasteiger partial charge in [0.2, 0.25) is 5.91 Å². The Labute approximate surface area is 122 Å². The van der Waals surface area contributed by atoms with E-state index in [4.69, 9.17) is 10.5 Å². The molecule has 0 aliphatic rings. The Morgan fingerprint density at radius 1 is 1.35 bits per heavy atom. The Hall–Kier alpha value is -2.01. The molecule has 1 aromatic heterocycles. The van der Waals surface area contributed by atoms with Gasteiger partial charge in [0, 0.05) is 21.9 Å². The number of thiophene rings is 1. The number of benzene rings is 1. The van der Waals surface area contributed by atoms with Crippen LogP contribution in [0, 0.1) is 13.8 Å². The molecule has 4 nitrogen and oxygen atoms in total. The number of hydrogen-bond acceptors (Lipinski definition) is 4. The maximum atomic E-state index is 11.2. The van der Waals surface area contributed by atoms with Crippen LogP contribution in [-0.2, 0) is 6.54 Å². The SMILES string of the molecule is COc1ccc(C(N)=O)cc1NCc1cc(C)sc1C. The topological polar surface area (TPSA) is 64.3 Å². The predicted octanol–water partition coefficient (Wildman–Crippen LogP) is 3.08. The van der Waals surface area contributed by atoms with Crippen LogP contribution in [0.3, 0.4) is 0 Å². The van der Waals surface area contributed by atoms with Crippen LogP contribution in [0.5, 0.6) is 5.75 Å². The molecule has 0 fully saturated rings. The molecule has 3 N–H and O–H groups in total. The third-order valence-electron chi connectivity index (χ3n) is 3.10. The van der Waals surface area contributed by atoms with Crippen molar-refractivity contribution >= 4 is 22.9 Å². The second-order valence-electron chi connectivity index (χ2n) is 4.57. The monoisotopic (exact) mass is 290 g/mol. The van der Waals surface area contributed by atoms with Crippen molar-refractivity contribution in [2.45, 2.75) is 20.4 Å². The van der Waals surface area contributed by atoms with Crippen molar-refractivity contribution in [3.8, 4) is 5.75 Å². The van der Waals surface area contributed by atoms with Crippen molar-refractivity contribution in [2.24, 2.45) is 5.73 Å². The second kappa shape index (κ2) is 5.96. The van der Waals surface area contributed by atoms with Crippen molar-refractivity contribution in [1.29, 1.82) is 0 Å². The summed E-state index contributed by atoms with van der Waals surface area (Å²) in [7, 11) is 1.60. The number of amides is 1. The average molecular weight is 290 g/mol. The van der Waals surface area contributed by atoms with Crippen LogP contribution in [0.2, 0.25) is 0 Å². The van der Waals surface area contributed by atoms with Crippen LogP contribution in [0.25, 0.3) is 0 Å². The van der Waals surface area contributed by atoms with E-state index in [0.29, 0.717) is 17.9 Å². The fraction of sp³-hybridized carbons (Fsp3) is 0.267. The van der Waals surface area contributed by atoms with E-state index >= 15 is 0 Å². The zero-order valence-electron chi connectivity index (χ0n) is 11.8. The highest BCUT2D eigenvalue weighted by Crippen LogP contribution is 2.27. The van der Waals surface area contributed by atoms with Gasteiger partial charge in [0.1, 0.15) is 5.75 Å². The van der Waals surface area contributed by atoms with E-state index in [1.807, 2.05) is 0 Å². The molecule has 0 spiro atoms. The molecule has 0 aliphatic carbocycles. The quantitative estimate of drug-likeness (QED) is 0.889. The van der Waals surface area contributed by atoms with E-state index in [2.05, 4.69) is 25.2 Å². The van der Waals surface area contributed by atoms with Crippen LogP contribution < -0.4 is 15.8 Å². The van der Waals surface area contributed by atoms with E-state index in [9.17, 15) is 4.79 Å². The van der Waals surface area contributed by atoms with Crippen LogP contribution in [0.4, 0.5) is 5.69 Å². The first-order valence-electron chi connectivity index (χ1n) is 6.29. The number of anilines is 1. The number of primary amides is 1. The molecule has 2 aromatic rings. The number of nitrogens with one attached hydrogen (secondary N) is 1. The molecule has 5 heteroatoms. The minimum absolute atomic E-state index is 0.446. The Kier molecular flexibility index (Phi) is 4.29. The highest BCUT2D eigenvalue weighted by molar-refractivity contribution is 7.12. The van der Waals surface area contributed by atoms with Crippen LogP contribution in [-0.4, -0.2) is 13.0 Å². The van der Waals surface area contributed by atoms with Gasteiger partial charge in [-0.3, -0.25) is 4.79 Å². The zero-order valence-corrected chi connectivity index (χ0v) is 12.6. The molecule has 1 amide bonds. The molecule has 0 saturated heterocycles. The van der Waals surface area contributed by atoms with E-state index in [1.54, 1.807) is 36.6 Å². The molecule has 0 aliphatic heterocycles. The lowest BCUT2D eigenvalue weighted by atomic mass is 10.1. The molecule has 2 rings (SSSR count). The zero-order chi connectivity index (χ0) is 14.7. The molecule has 0 saturated carbocycles. The Balaban J connectivity index is 2.21.